The highest BCUT2D eigenvalue weighted by Crippen LogP contribution is 2.67. The molecule has 4 aliphatic rings. The summed E-state index contributed by atoms with van der Waals surface area (Å²) in [6.07, 6.45) is 16.4. The minimum atomic E-state index is -0.344. The molecule has 8 atom stereocenters. The summed E-state index contributed by atoms with van der Waals surface area (Å²) in [5.74, 6) is 4.63. The van der Waals surface area contributed by atoms with E-state index in [0.717, 1.165) is 54.8 Å². The Balaban J connectivity index is 1.43. The maximum absolute atomic E-state index is 12.1. The van der Waals surface area contributed by atoms with E-state index in [1.807, 2.05) is 0 Å². The van der Waals surface area contributed by atoms with Crippen LogP contribution in [0.5, 0.6) is 0 Å². The molecule has 0 bridgehead atoms. The van der Waals surface area contributed by atoms with Gasteiger partial charge < -0.3 is 4.74 Å². The summed E-state index contributed by atoms with van der Waals surface area (Å²) in [7, 11) is 0. The van der Waals surface area contributed by atoms with E-state index in [9.17, 15) is 9.59 Å². The summed E-state index contributed by atoms with van der Waals surface area (Å²) >= 11 is 0. The molecule has 0 aromatic carbocycles. The van der Waals surface area contributed by atoms with Crippen LogP contribution in [0.1, 0.15) is 119 Å². The van der Waals surface area contributed by atoms with Crippen molar-refractivity contribution in [1.29, 1.82) is 0 Å². The first-order valence-electron chi connectivity index (χ1n) is 14.4. The van der Waals surface area contributed by atoms with Crippen molar-refractivity contribution in [1.82, 2.24) is 0 Å². The molecule has 0 heterocycles. The average molecular weight is 471 g/mol. The summed E-state index contributed by atoms with van der Waals surface area (Å²) in [5.41, 5.74) is 2.34. The smallest absolute Gasteiger partial charge is 0.313 e. The number of carbonyl (C=O) groups is 2. The van der Waals surface area contributed by atoms with Crippen molar-refractivity contribution in [3.63, 3.8) is 0 Å². The minimum absolute atomic E-state index is 0.0425. The number of allylic oxidation sites excluding steroid dienone is 1. The third-order valence-electron chi connectivity index (χ3n) is 11.0. The standard InChI is InChI=1S/C31H50O3/c1-20(2)8-7-9-21(3)26-12-13-27-25-11-10-23-19-24(34-29(33)18-22(4)32)14-16-30(23,5)28(25)15-17-31(26,27)6/h10,20-21,24-28H,7-9,11-19H2,1-6H3/t21-,24+,25-,26+,27-,28-,30-,31+/m0/s1. The number of fused-ring (bicyclic) bond motifs is 5. The third kappa shape index (κ3) is 4.92. The highest BCUT2D eigenvalue weighted by atomic mass is 16.5. The number of esters is 1. The van der Waals surface area contributed by atoms with Crippen molar-refractivity contribution in [2.75, 3.05) is 0 Å². The number of carbonyl (C=O) groups excluding carboxylic acids is 2. The molecule has 192 valence electrons. The Morgan fingerprint density at radius 3 is 2.50 bits per heavy atom. The van der Waals surface area contributed by atoms with E-state index in [1.165, 1.54) is 58.3 Å². The van der Waals surface area contributed by atoms with Gasteiger partial charge in [0.1, 0.15) is 18.3 Å². The Hall–Kier alpha value is -1.12. The van der Waals surface area contributed by atoms with Gasteiger partial charge in [-0.25, -0.2) is 0 Å². The van der Waals surface area contributed by atoms with Gasteiger partial charge in [-0.05, 0) is 98.2 Å². The van der Waals surface area contributed by atoms with Crippen LogP contribution in [0, 0.1) is 46.3 Å². The Bertz CT molecular complexity index is 796. The van der Waals surface area contributed by atoms with Gasteiger partial charge in [-0.2, -0.15) is 0 Å². The molecule has 0 aromatic heterocycles. The molecule has 0 saturated heterocycles. The first-order valence-corrected chi connectivity index (χ1v) is 14.4. The number of ketones is 1. The molecule has 0 spiro atoms. The summed E-state index contributed by atoms with van der Waals surface area (Å²) < 4.78 is 5.70. The van der Waals surface area contributed by atoms with Crippen molar-refractivity contribution < 1.29 is 14.3 Å². The Morgan fingerprint density at radius 1 is 1.03 bits per heavy atom. The molecule has 0 unspecified atom stereocenters. The fourth-order valence-corrected chi connectivity index (χ4v) is 9.18. The van der Waals surface area contributed by atoms with E-state index in [2.05, 4.69) is 40.7 Å². The molecular formula is C31H50O3. The van der Waals surface area contributed by atoms with Gasteiger partial charge in [0, 0.05) is 6.42 Å². The van der Waals surface area contributed by atoms with Crippen molar-refractivity contribution in [3.05, 3.63) is 11.6 Å². The van der Waals surface area contributed by atoms with E-state index in [-0.39, 0.29) is 29.7 Å². The van der Waals surface area contributed by atoms with Gasteiger partial charge in [0.25, 0.3) is 0 Å². The highest BCUT2D eigenvalue weighted by Gasteiger charge is 2.59. The summed E-state index contributed by atoms with van der Waals surface area (Å²) in [6, 6.07) is 0. The van der Waals surface area contributed by atoms with Gasteiger partial charge in [0.05, 0.1) is 0 Å². The van der Waals surface area contributed by atoms with Crippen LogP contribution < -0.4 is 0 Å². The van der Waals surface area contributed by atoms with Crippen LogP contribution >= 0.6 is 0 Å². The van der Waals surface area contributed by atoms with Crippen LogP contribution in [0.4, 0.5) is 0 Å². The molecular weight excluding hydrogens is 420 g/mol. The largest absolute Gasteiger partial charge is 0.462 e. The van der Waals surface area contributed by atoms with E-state index in [0.29, 0.717) is 5.41 Å². The molecule has 0 aliphatic heterocycles. The monoisotopic (exact) mass is 470 g/mol. The van der Waals surface area contributed by atoms with Crippen LogP contribution in [-0.2, 0) is 14.3 Å². The number of rotatable bonds is 8. The Kier molecular flexibility index (Phi) is 7.71. The lowest BCUT2D eigenvalue weighted by Gasteiger charge is -2.58. The van der Waals surface area contributed by atoms with Crippen LogP contribution in [-0.4, -0.2) is 17.9 Å². The average Bonchev–Trinajstić information content (AvgIpc) is 3.10. The predicted molar refractivity (Wildman–Crippen MR) is 138 cm³/mol. The molecule has 34 heavy (non-hydrogen) atoms. The minimum Gasteiger partial charge on any atom is -0.462 e. The Morgan fingerprint density at radius 2 is 1.79 bits per heavy atom. The van der Waals surface area contributed by atoms with Gasteiger partial charge in [-0.1, -0.05) is 65.5 Å². The lowest BCUT2D eigenvalue weighted by molar-refractivity contribution is -0.153. The van der Waals surface area contributed by atoms with E-state index in [4.69, 9.17) is 4.74 Å². The molecule has 3 saturated carbocycles. The van der Waals surface area contributed by atoms with Crippen molar-refractivity contribution in [2.24, 2.45) is 46.3 Å². The highest BCUT2D eigenvalue weighted by molar-refractivity contribution is 5.94. The maximum Gasteiger partial charge on any atom is 0.313 e. The summed E-state index contributed by atoms with van der Waals surface area (Å²) in [6.45, 7) is 13.9. The van der Waals surface area contributed by atoms with Crippen LogP contribution in [0.2, 0.25) is 0 Å². The molecule has 3 heteroatoms. The van der Waals surface area contributed by atoms with E-state index in [1.54, 1.807) is 5.57 Å². The lowest BCUT2D eigenvalue weighted by Crippen LogP contribution is -2.51. The van der Waals surface area contributed by atoms with Crippen molar-refractivity contribution in [3.8, 4) is 0 Å². The zero-order valence-corrected chi connectivity index (χ0v) is 22.8. The zero-order chi connectivity index (χ0) is 24.7. The maximum atomic E-state index is 12.1. The van der Waals surface area contributed by atoms with Crippen molar-refractivity contribution in [2.45, 2.75) is 125 Å². The zero-order valence-electron chi connectivity index (χ0n) is 22.8. The molecule has 0 N–H and O–H groups in total. The topological polar surface area (TPSA) is 43.4 Å². The molecule has 0 radical (unpaired) electrons. The molecule has 0 aromatic rings. The van der Waals surface area contributed by atoms with Gasteiger partial charge in [0.15, 0.2) is 0 Å². The number of Topliss-reactive ketones (excluding diaryl/α,β-unsaturated/α-hetero) is 1. The summed E-state index contributed by atoms with van der Waals surface area (Å²) in [4.78, 5) is 23.4. The predicted octanol–water partition coefficient (Wildman–Crippen LogP) is 7.92. The van der Waals surface area contributed by atoms with Gasteiger partial charge in [-0.3, -0.25) is 9.59 Å². The van der Waals surface area contributed by atoms with Crippen molar-refractivity contribution >= 4 is 11.8 Å². The number of hydrogen-bond donors (Lipinski definition) is 0. The normalized spacial score (nSPS) is 40.1. The Labute approximate surface area is 208 Å². The fourth-order valence-electron chi connectivity index (χ4n) is 9.18. The van der Waals surface area contributed by atoms with Crippen LogP contribution in [0.3, 0.4) is 0 Å². The molecule has 3 nitrogen and oxygen atoms in total. The second kappa shape index (κ2) is 10.1. The fraction of sp³-hybridized carbons (Fsp3) is 0.871. The molecule has 0 amide bonds. The second-order valence-corrected chi connectivity index (χ2v) is 13.5. The SMILES string of the molecule is CC(=O)CC(=O)O[C@@H]1CC[C@@]2(C)C(=CC[C@H]3[C@@H]4CC[C@H]([C@@H](C)CCCC(C)C)[C@@]4(C)CC[C@@H]32)C1. The van der Waals surface area contributed by atoms with Gasteiger partial charge in [-0.15, -0.1) is 0 Å². The number of ether oxygens (including phenoxy) is 1. The first-order chi connectivity index (χ1) is 16.0. The van der Waals surface area contributed by atoms with Gasteiger partial charge in [0.2, 0.25) is 0 Å². The molecule has 3 fully saturated rings. The number of hydrogen-bond acceptors (Lipinski definition) is 3. The van der Waals surface area contributed by atoms with Crippen LogP contribution in [0.15, 0.2) is 11.6 Å². The van der Waals surface area contributed by atoms with E-state index < -0.39 is 0 Å². The molecule has 4 aliphatic carbocycles. The first kappa shape index (κ1) is 26.0. The quantitative estimate of drug-likeness (QED) is 0.205. The summed E-state index contributed by atoms with van der Waals surface area (Å²) in [5, 5.41) is 0. The van der Waals surface area contributed by atoms with Gasteiger partial charge >= 0.3 is 5.97 Å². The lowest BCUT2D eigenvalue weighted by atomic mass is 9.47. The van der Waals surface area contributed by atoms with Crippen LogP contribution in [0.25, 0.3) is 0 Å². The molecule has 4 rings (SSSR count). The second-order valence-electron chi connectivity index (χ2n) is 13.5. The van der Waals surface area contributed by atoms with E-state index >= 15 is 0 Å². The third-order valence-corrected chi connectivity index (χ3v) is 11.0.